The molecule has 0 fully saturated rings. The molecule has 16 heavy (non-hydrogen) atoms. The number of anilines is 1. The van der Waals surface area contributed by atoms with Gasteiger partial charge in [-0.1, -0.05) is 6.07 Å². The molecule has 0 aromatic heterocycles. The maximum atomic E-state index is 11.3. The van der Waals surface area contributed by atoms with Gasteiger partial charge in [0.25, 0.3) is 0 Å². The van der Waals surface area contributed by atoms with Gasteiger partial charge < -0.3 is 15.0 Å². The molecule has 4 heteroatoms. The predicted molar refractivity (Wildman–Crippen MR) is 62.7 cm³/mol. The number of hydrogen-bond acceptors (Lipinski definition) is 3. The monoisotopic (exact) mass is 220 g/mol. The van der Waals surface area contributed by atoms with Crippen LogP contribution in [0.1, 0.15) is 18.5 Å². The van der Waals surface area contributed by atoms with E-state index in [1.165, 1.54) is 0 Å². The fraction of sp³-hybridized carbons (Fsp3) is 0.417. The third kappa shape index (κ3) is 1.71. The summed E-state index contributed by atoms with van der Waals surface area (Å²) in [5.41, 5.74) is 2.14. The quantitative estimate of drug-likeness (QED) is 0.823. The molecule has 1 N–H and O–H groups in total. The number of fused-ring (bicyclic) bond motifs is 2. The summed E-state index contributed by atoms with van der Waals surface area (Å²) in [5.74, 6) is 0.916. The molecule has 2 bridgehead atoms. The number of carbonyl (C=O) groups is 1. The number of nitrogens with zero attached hydrogens (tertiary/aromatic N) is 1. The molecule has 1 aromatic rings. The number of benzene rings is 1. The van der Waals surface area contributed by atoms with Crippen molar-refractivity contribution in [2.24, 2.45) is 0 Å². The average Bonchev–Trinajstić information content (AvgIpc) is 2.29. The van der Waals surface area contributed by atoms with Gasteiger partial charge in [0, 0.05) is 20.5 Å². The number of methoxy groups -OCH3 is 1. The lowest BCUT2D eigenvalue weighted by molar-refractivity contribution is -0.129. The molecule has 0 saturated carbocycles. The zero-order valence-electron chi connectivity index (χ0n) is 9.78. The van der Waals surface area contributed by atoms with E-state index in [0.717, 1.165) is 23.5 Å². The Labute approximate surface area is 95.2 Å². The van der Waals surface area contributed by atoms with E-state index in [9.17, 15) is 4.79 Å². The number of hydrogen-bond donors (Lipinski definition) is 1. The van der Waals surface area contributed by atoms with Crippen molar-refractivity contribution in [3.05, 3.63) is 23.8 Å². The fourth-order valence-corrected chi connectivity index (χ4v) is 1.98. The summed E-state index contributed by atoms with van der Waals surface area (Å²) in [6.07, 6.45) is 0. The van der Waals surface area contributed by atoms with Crippen LogP contribution < -0.4 is 10.1 Å². The van der Waals surface area contributed by atoms with E-state index >= 15 is 0 Å². The maximum absolute atomic E-state index is 11.3. The summed E-state index contributed by atoms with van der Waals surface area (Å²) >= 11 is 0. The van der Waals surface area contributed by atoms with Gasteiger partial charge in [0.15, 0.2) is 0 Å². The Kier molecular flexibility index (Phi) is 2.73. The average molecular weight is 220 g/mol. The summed E-state index contributed by atoms with van der Waals surface area (Å²) in [5, 5.41) is 3.27. The summed E-state index contributed by atoms with van der Waals surface area (Å²) in [7, 11) is 3.48. The molecule has 0 saturated heterocycles. The third-order valence-corrected chi connectivity index (χ3v) is 3.06. The zero-order valence-corrected chi connectivity index (χ0v) is 9.78. The number of likely N-dealkylation sites (N-methyl/N-ethyl adjacent to an activating group) is 1. The second-order valence-electron chi connectivity index (χ2n) is 3.99. The molecule has 86 valence electrons. The Morgan fingerprint density at radius 3 is 2.94 bits per heavy atom. The van der Waals surface area contributed by atoms with Crippen LogP contribution in [0.5, 0.6) is 5.75 Å². The molecule has 1 heterocycles. The first-order valence-corrected chi connectivity index (χ1v) is 5.28. The van der Waals surface area contributed by atoms with Crippen molar-refractivity contribution in [2.45, 2.75) is 13.0 Å². The van der Waals surface area contributed by atoms with E-state index in [4.69, 9.17) is 4.74 Å². The zero-order chi connectivity index (χ0) is 11.7. The molecule has 0 spiro atoms. The highest BCUT2D eigenvalue weighted by Crippen LogP contribution is 2.34. The minimum Gasteiger partial charge on any atom is -0.495 e. The van der Waals surface area contributed by atoms with Crippen LogP contribution in [0, 0.1) is 0 Å². The standard InChI is InChI=1S/C12H16N2O2/c1-8(15)14(2)11-7-13-10-6-9(11)4-5-12(10)16-3/h4-6,11,13H,7H2,1-3H3. The van der Waals surface area contributed by atoms with Crippen molar-refractivity contribution in [1.29, 1.82) is 0 Å². The van der Waals surface area contributed by atoms with Gasteiger partial charge in [-0.25, -0.2) is 0 Å². The first-order chi connectivity index (χ1) is 7.63. The van der Waals surface area contributed by atoms with Gasteiger partial charge >= 0.3 is 0 Å². The van der Waals surface area contributed by atoms with Crippen molar-refractivity contribution in [3.8, 4) is 5.75 Å². The minimum absolute atomic E-state index is 0.0751. The van der Waals surface area contributed by atoms with E-state index in [2.05, 4.69) is 5.32 Å². The normalized spacial score (nSPS) is 17.6. The van der Waals surface area contributed by atoms with E-state index in [-0.39, 0.29) is 11.9 Å². The van der Waals surface area contributed by atoms with Crippen LogP contribution in [0.3, 0.4) is 0 Å². The first-order valence-electron chi connectivity index (χ1n) is 5.28. The molecule has 4 nitrogen and oxygen atoms in total. The summed E-state index contributed by atoms with van der Waals surface area (Å²) in [4.78, 5) is 13.1. The lowest BCUT2D eigenvalue weighted by Gasteiger charge is -2.32. The Bertz CT molecular complexity index is 417. The van der Waals surface area contributed by atoms with Gasteiger partial charge in [0.05, 0.1) is 18.8 Å². The molecule has 1 aromatic carbocycles. The second-order valence-corrected chi connectivity index (χ2v) is 3.99. The Morgan fingerprint density at radius 1 is 1.56 bits per heavy atom. The highest BCUT2D eigenvalue weighted by molar-refractivity contribution is 5.74. The molecule has 2 rings (SSSR count). The van der Waals surface area contributed by atoms with Crippen LogP contribution >= 0.6 is 0 Å². The highest BCUT2D eigenvalue weighted by Gasteiger charge is 2.24. The van der Waals surface area contributed by atoms with Crippen LogP contribution in [-0.2, 0) is 4.79 Å². The first kappa shape index (κ1) is 10.8. The lowest BCUT2D eigenvalue weighted by atomic mass is 10.0. The molecule has 1 aliphatic rings. The summed E-state index contributed by atoms with van der Waals surface area (Å²) < 4.78 is 5.23. The molecule has 1 aliphatic heterocycles. The van der Waals surface area contributed by atoms with Gasteiger partial charge in [-0.2, -0.15) is 0 Å². The molecule has 1 unspecified atom stereocenters. The lowest BCUT2D eigenvalue weighted by Crippen LogP contribution is -2.35. The maximum Gasteiger partial charge on any atom is 0.219 e. The van der Waals surface area contributed by atoms with Crippen LogP contribution in [-0.4, -0.2) is 31.5 Å². The van der Waals surface area contributed by atoms with Crippen LogP contribution in [0.25, 0.3) is 0 Å². The van der Waals surface area contributed by atoms with Gasteiger partial charge in [-0.3, -0.25) is 4.79 Å². The number of carbonyl (C=O) groups excluding carboxylic acids is 1. The second kappa shape index (κ2) is 4.04. The van der Waals surface area contributed by atoms with Crippen molar-refractivity contribution in [1.82, 2.24) is 4.90 Å². The van der Waals surface area contributed by atoms with Gasteiger partial charge in [-0.15, -0.1) is 0 Å². The van der Waals surface area contributed by atoms with E-state index in [0.29, 0.717) is 0 Å². The van der Waals surface area contributed by atoms with Crippen molar-refractivity contribution >= 4 is 11.6 Å². The highest BCUT2D eigenvalue weighted by atomic mass is 16.5. The van der Waals surface area contributed by atoms with Crippen LogP contribution in [0.2, 0.25) is 0 Å². The SMILES string of the molecule is COc1ccc2cc1NCC2N(C)C(C)=O. The molecule has 0 radical (unpaired) electrons. The fourth-order valence-electron chi connectivity index (χ4n) is 1.98. The number of rotatable bonds is 2. The Balaban J connectivity index is 2.31. The Hall–Kier alpha value is -1.71. The summed E-state index contributed by atoms with van der Waals surface area (Å²) in [6, 6.07) is 6.08. The van der Waals surface area contributed by atoms with Crippen molar-refractivity contribution < 1.29 is 9.53 Å². The summed E-state index contributed by atoms with van der Waals surface area (Å²) in [6.45, 7) is 2.31. The molecule has 0 aliphatic carbocycles. The van der Waals surface area contributed by atoms with Gasteiger partial charge in [-0.05, 0) is 17.7 Å². The van der Waals surface area contributed by atoms with E-state index in [1.54, 1.807) is 18.9 Å². The van der Waals surface area contributed by atoms with Crippen LogP contribution in [0.15, 0.2) is 18.2 Å². The van der Waals surface area contributed by atoms with Crippen molar-refractivity contribution in [2.75, 3.05) is 26.0 Å². The molecular weight excluding hydrogens is 204 g/mol. The van der Waals surface area contributed by atoms with Crippen LogP contribution in [0.4, 0.5) is 5.69 Å². The minimum atomic E-state index is 0.0751. The topological polar surface area (TPSA) is 41.6 Å². The number of amides is 1. The molecular formula is C12H16N2O2. The van der Waals surface area contributed by atoms with Crippen molar-refractivity contribution in [3.63, 3.8) is 0 Å². The largest absolute Gasteiger partial charge is 0.495 e. The molecule has 1 amide bonds. The molecule has 1 atom stereocenters. The predicted octanol–water partition coefficient (Wildman–Crippen LogP) is 1.64. The van der Waals surface area contributed by atoms with Gasteiger partial charge in [0.1, 0.15) is 5.75 Å². The number of ether oxygens (including phenoxy) is 1. The smallest absolute Gasteiger partial charge is 0.219 e. The Morgan fingerprint density at radius 2 is 2.31 bits per heavy atom. The number of nitrogens with one attached hydrogen (secondary N) is 1. The van der Waals surface area contributed by atoms with E-state index < -0.39 is 0 Å². The third-order valence-electron chi connectivity index (χ3n) is 3.06. The van der Waals surface area contributed by atoms with Gasteiger partial charge in [0.2, 0.25) is 5.91 Å². The van der Waals surface area contributed by atoms with E-state index in [1.807, 2.05) is 25.2 Å².